The van der Waals surface area contributed by atoms with Gasteiger partial charge in [-0.2, -0.15) is 0 Å². The van der Waals surface area contributed by atoms with Crippen molar-refractivity contribution in [1.82, 2.24) is 9.88 Å². The summed E-state index contributed by atoms with van der Waals surface area (Å²) in [7, 11) is 0. The lowest BCUT2D eigenvalue weighted by molar-refractivity contribution is 0.172. The molecule has 4 nitrogen and oxygen atoms in total. The molecule has 0 radical (unpaired) electrons. The average molecular weight is 178 g/mol. The second-order valence-electron chi connectivity index (χ2n) is 3.33. The van der Waals surface area contributed by atoms with E-state index in [0.717, 1.165) is 6.54 Å². The van der Waals surface area contributed by atoms with Crippen molar-refractivity contribution in [3.8, 4) is 0 Å². The number of rotatable bonds is 3. The van der Waals surface area contributed by atoms with Crippen LogP contribution < -0.4 is 11.3 Å². The van der Waals surface area contributed by atoms with E-state index in [2.05, 4.69) is 21.4 Å². The number of hydrogen-bond donors (Lipinski definition) is 2. The fraction of sp³-hybridized carbons (Fsp3) is 0.444. The molecule has 1 aromatic heterocycles. The maximum Gasteiger partial charge on any atom is 0.139 e. The summed E-state index contributed by atoms with van der Waals surface area (Å²) in [5, 5.41) is 0. The van der Waals surface area contributed by atoms with Gasteiger partial charge in [0.15, 0.2) is 0 Å². The first kappa shape index (κ1) is 8.47. The lowest BCUT2D eigenvalue weighted by atomic mass is 10.2. The number of hydrazine groups is 1. The van der Waals surface area contributed by atoms with Crippen molar-refractivity contribution < 1.29 is 0 Å². The van der Waals surface area contributed by atoms with Gasteiger partial charge in [-0.25, -0.2) is 10.8 Å². The number of likely N-dealkylation sites (tertiary alicyclic amines) is 1. The fourth-order valence-electron chi connectivity index (χ4n) is 1.40. The van der Waals surface area contributed by atoms with Crippen molar-refractivity contribution in [1.29, 1.82) is 0 Å². The Morgan fingerprint density at radius 2 is 2.31 bits per heavy atom. The number of nitrogen functional groups attached to an aromatic ring is 1. The highest BCUT2D eigenvalue weighted by atomic mass is 15.2. The van der Waals surface area contributed by atoms with E-state index in [0.29, 0.717) is 5.82 Å². The van der Waals surface area contributed by atoms with Crippen LogP contribution in [0.15, 0.2) is 18.3 Å². The van der Waals surface area contributed by atoms with Gasteiger partial charge in [0.05, 0.1) is 0 Å². The van der Waals surface area contributed by atoms with Crippen LogP contribution in [0.2, 0.25) is 0 Å². The molecule has 0 spiro atoms. The summed E-state index contributed by atoms with van der Waals surface area (Å²) in [6.07, 6.45) is 3.20. The molecule has 1 aromatic rings. The Labute approximate surface area is 77.7 Å². The summed E-state index contributed by atoms with van der Waals surface area (Å²) in [6.45, 7) is 3.45. The number of nitrogens with two attached hydrogens (primary N) is 1. The maximum atomic E-state index is 5.22. The third kappa shape index (κ3) is 1.96. The van der Waals surface area contributed by atoms with Crippen molar-refractivity contribution in [3.05, 3.63) is 23.9 Å². The topological polar surface area (TPSA) is 54.2 Å². The van der Waals surface area contributed by atoms with Crippen LogP contribution in [-0.2, 0) is 6.54 Å². The van der Waals surface area contributed by atoms with Crippen LogP contribution in [0.5, 0.6) is 0 Å². The second-order valence-corrected chi connectivity index (χ2v) is 3.33. The van der Waals surface area contributed by atoms with E-state index in [4.69, 9.17) is 5.84 Å². The molecule has 70 valence electrons. The molecule has 1 fully saturated rings. The first-order valence-electron chi connectivity index (χ1n) is 4.52. The molecule has 0 aliphatic carbocycles. The molecule has 0 amide bonds. The van der Waals surface area contributed by atoms with Crippen molar-refractivity contribution in [2.24, 2.45) is 5.84 Å². The largest absolute Gasteiger partial charge is 0.308 e. The second kappa shape index (κ2) is 3.72. The highest BCUT2D eigenvalue weighted by Crippen LogP contribution is 2.12. The quantitative estimate of drug-likeness (QED) is 0.525. The molecule has 0 unspecified atom stereocenters. The summed E-state index contributed by atoms with van der Waals surface area (Å²) in [6, 6.07) is 3.95. The number of hydrogen-bond acceptors (Lipinski definition) is 4. The number of anilines is 1. The van der Waals surface area contributed by atoms with E-state index in [1.54, 1.807) is 0 Å². The van der Waals surface area contributed by atoms with Gasteiger partial charge in [0.25, 0.3) is 0 Å². The molecule has 0 aromatic carbocycles. The van der Waals surface area contributed by atoms with Crippen LogP contribution in [0.4, 0.5) is 5.82 Å². The third-order valence-electron chi connectivity index (χ3n) is 2.33. The summed E-state index contributed by atoms with van der Waals surface area (Å²) in [4.78, 5) is 6.54. The van der Waals surface area contributed by atoms with E-state index in [1.807, 2.05) is 12.3 Å². The van der Waals surface area contributed by atoms with Crippen LogP contribution in [0.1, 0.15) is 12.0 Å². The number of nitrogens with one attached hydrogen (secondary N) is 1. The molecule has 1 saturated heterocycles. The summed E-state index contributed by atoms with van der Waals surface area (Å²) >= 11 is 0. The summed E-state index contributed by atoms with van der Waals surface area (Å²) < 4.78 is 0. The predicted molar refractivity (Wildman–Crippen MR) is 51.9 cm³/mol. The van der Waals surface area contributed by atoms with Gasteiger partial charge in [-0.15, -0.1) is 0 Å². The normalized spacial score (nSPS) is 16.7. The molecular weight excluding hydrogens is 164 g/mol. The number of aromatic nitrogens is 1. The Hall–Kier alpha value is -1.13. The molecule has 0 bridgehead atoms. The van der Waals surface area contributed by atoms with Crippen molar-refractivity contribution in [2.75, 3.05) is 18.5 Å². The van der Waals surface area contributed by atoms with Crippen LogP contribution in [0.25, 0.3) is 0 Å². The monoisotopic (exact) mass is 178 g/mol. The van der Waals surface area contributed by atoms with Gasteiger partial charge < -0.3 is 5.43 Å². The molecule has 13 heavy (non-hydrogen) atoms. The first-order valence-corrected chi connectivity index (χ1v) is 4.52. The van der Waals surface area contributed by atoms with Gasteiger partial charge in [-0.3, -0.25) is 4.90 Å². The van der Waals surface area contributed by atoms with E-state index in [1.165, 1.54) is 25.1 Å². The lowest BCUT2D eigenvalue weighted by Crippen LogP contribution is -2.36. The zero-order chi connectivity index (χ0) is 9.10. The third-order valence-corrected chi connectivity index (χ3v) is 2.33. The van der Waals surface area contributed by atoms with Crippen molar-refractivity contribution >= 4 is 5.82 Å². The van der Waals surface area contributed by atoms with E-state index < -0.39 is 0 Å². The summed E-state index contributed by atoms with van der Waals surface area (Å²) in [5.41, 5.74) is 3.76. The van der Waals surface area contributed by atoms with Crippen LogP contribution >= 0.6 is 0 Å². The SMILES string of the molecule is NNc1ccc(CN2CCC2)cn1. The molecule has 1 aliphatic rings. The molecule has 2 heterocycles. The Kier molecular flexibility index (Phi) is 2.42. The van der Waals surface area contributed by atoms with Gasteiger partial charge in [0, 0.05) is 12.7 Å². The molecular formula is C9H14N4. The maximum absolute atomic E-state index is 5.22. The molecule has 2 rings (SSSR count). The Balaban J connectivity index is 1.96. The van der Waals surface area contributed by atoms with Gasteiger partial charge >= 0.3 is 0 Å². The lowest BCUT2D eigenvalue weighted by Gasteiger charge is -2.30. The minimum atomic E-state index is 0.715. The van der Waals surface area contributed by atoms with Gasteiger partial charge in [0.2, 0.25) is 0 Å². The van der Waals surface area contributed by atoms with E-state index >= 15 is 0 Å². The average Bonchev–Trinajstić information content (AvgIpc) is 2.12. The molecule has 1 aliphatic heterocycles. The Morgan fingerprint density at radius 1 is 1.46 bits per heavy atom. The van der Waals surface area contributed by atoms with Crippen molar-refractivity contribution in [3.63, 3.8) is 0 Å². The standard InChI is InChI=1S/C9H14N4/c10-12-9-3-2-8(6-11-9)7-13-4-1-5-13/h2-3,6H,1,4-5,7,10H2,(H,11,12). The molecule has 0 atom stereocenters. The zero-order valence-corrected chi connectivity index (χ0v) is 7.53. The fourth-order valence-corrected chi connectivity index (χ4v) is 1.40. The smallest absolute Gasteiger partial charge is 0.139 e. The molecule has 4 heteroatoms. The van der Waals surface area contributed by atoms with Crippen LogP contribution in [-0.4, -0.2) is 23.0 Å². The first-order chi connectivity index (χ1) is 6.38. The molecule has 3 N–H and O–H groups in total. The number of pyridine rings is 1. The number of nitrogens with zero attached hydrogens (tertiary/aromatic N) is 2. The van der Waals surface area contributed by atoms with Crippen LogP contribution in [0, 0.1) is 0 Å². The highest BCUT2D eigenvalue weighted by molar-refractivity contribution is 5.33. The van der Waals surface area contributed by atoms with E-state index in [-0.39, 0.29) is 0 Å². The minimum absolute atomic E-state index is 0.715. The Bertz CT molecular complexity index is 265. The predicted octanol–water partition coefficient (Wildman–Crippen LogP) is 0.573. The van der Waals surface area contributed by atoms with Gasteiger partial charge in [0.1, 0.15) is 5.82 Å². The van der Waals surface area contributed by atoms with Crippen molar-refractivity contribution in [2.45, 2.75) is 13.0 Å². The van der Waals surface area contributed by atoms with E-state index in [9.17, 15) is 0 Å². The van der Waals surface area contributed by atoms with Crippen LogP contribution in [0.3, 0.4) is 0 Å². The Morgan fingerprint density at radius 3 is 2.77 bits per heavy atom. The minimum Gasteiger partial charge on any atom is -0.308 e. The highest BCUT2D eigenvalue weighted by Gasteiger charge is 2.13. The zero-order valence-electron chi connectivity index (χ0n) is 7.53. The van der Waals surface area contributed by atoms with Gasteiger partial charge in [-0.05, 0) is 31.1 Å². The van der Waals surface area contributed by atoms with Gasteiger partial charge in [-0.1, -0.05) is 6.07 Å². The molecule has 0 saturated carbocycles. The summed E-state index contributed by atoms with van der Waals surface area (Å²) in [5.74, 6) is 5.93.